The zero-order valence-corrected chi connectivity index (χ0v) is 23.4. The van der Waals surface area contributed by atoms with E-state index in [-0.39, 0.29) is 17.6 Å². The Morgan fingerprint density at radius 1 is 1.14 bits per heavy atom. The molecule has 0 radical (unpaired) electrons. The zero-order valence-electron chi connectivity index (χ0n) is 21.8. The van der Waals surface area contributed by atoms with Gasteiger partial charge in [-0.05, 0) is 57.4 Å². The molecule has 37 heavy (non-hydrogen) atoms. The lowest BCUT2D eigenvalue weighted by molar-refractivity contribution is -0.116. The number of thiophene rings is 1. The third kappa shape index (κ3) is 7.96. The zero-order chi connectivity index (χ0) is 27.2. The molecule has 1 aliphatic rings. The number of carbonyl (C=O) groups is 4. The first-order valence-electron chi connectivity index (χ1n) is 12.0. The van der Waals surface area contributed by atoms with Crippen molar-refractivity contribution in [2.75, 3.05) is 30.0 Å². The molecule has 9 nitrogen and oxygen atoms in total. The number of methoxy groups -OCH3 is 1. The summed E-state index contributed by atoms with van der Waals surface area (Å²) >= 11 is 2.59. The molecule has 1 aliphatic heterocycles. The number of anilines is 2. The second-order valence-corrected chi connectivity index (χ2v) is 11.7. The Labute approximate surface area is 225 Å². The molecule has 1 aromatic carbocycles. The van der Waals surface area contributed by atoms with Gasteiger partial charge in [0.1, 0.15) is 10.6 Å². The molecule has 1 aromatic heterocycles. The number of hydrogen-bond acceptors (Lipinski definition) is 8. The van der Waals surface area contributed by atoms with Crippen molar-refractivity contribution in [3.05, 3.63) is 40.3 Å². The van der Waals surface area contributed by atoms with Crippen LogP contribution in [0.4, 0.5) is 15.5 Å². The first-order chi connectivity index (χ1) is 17.5. The highest BCUT2D eigenvalue weighted by Crippen LogP contribution is 2.38. The van der Waals surface area contributed by atoms with Gasteiger partial charge in [-0.25, -0.2) is 9.59 Å². The molecule has 0 spiro atoms. The van der Waals surface area contributed by atoms with Crippen molar-refractivity contribution in [1.82, 2.24) is 4.90 Å². The van der Waals surface area contributed by atoms with Crippen molar-refractivity contribution in [1.29, 1.82) is 0 Å². The molecule has 200 valence electrons. The minimum Gasteiger partial charge on any atom is -0.465 e. The quantitative estimate of drug-likeness (QED) is 0.341. The summed E-state index contributed by atoms with van der Waals surface area (Å²) < 4.78 is 10.5. The van der Waals surface area contributed by atoms with Gasteiger partial charge in [-0.2, -0.15) is 0 Å². The number of fused-ring (bicyclic) bond motifs is 1. The van der Waals surface area contributed by atoms with Crippen molar-refractivity contribution in [3.63, 3.8) is 0 Å². The van der Waals surface area contributed by atoms with Gasteiger partial charge in [-0.3, -0.25) is 9.59 Å². The SMILES string of the molecule is CCCC(=O)Nc1cccc(SCC(=O)Nc2sc3c(c2C(=O)OC)CCN(C(=O)OC(C)(C)C)C3)c1. The first kappa shape index (κ1) is 28.5. The lowest BCUT2D eigenvalue weighted by atomic mass is 10.0. The molecule has 3 amide bonds. The number of rotatable bonds is 8. The van der Waals surface area contributed by atoms with Gasteiger partial charge in [-0.15, -0.1) is 23.1 Å². The van der Waals surface area contributed by atoms with Crippen LogP contribution in [0.3, 0.4) is 0 Å². The molecule has 0 bridgehead atoms. The summed E-state index contributed by atoms with van der Waals surface area (Å²) in [6.07, 6.45) is 1.25. The van der Waals surface area contributed by atoms with E-state index in [9.17, 15) is 19.2 Å². The van der Waals surface area contributed by atoms with Gasteiger partial charge in [0.2, 0.25) is 11.8 Å². The molecule has 0 saturated heterocycles. The molecular formula is C26H33N3O6S2. The van der Waals surface area contributed by atoms with Gasteiger partial charge in [0.05, 0.1) is 25.0 Å². The Morgan fingerprint density at radius 2 is 1.89 bits per heavy atom. The highest BCUT2D eigenvalue weighted by atomic mass is 32.2. The smallest absolute Gasteiger partial charge is 0.410 e. The molecule has 11 heteroatoms. The third-order valence-corrected chi connectivity index (χ3v) is 7.44. The molecule has 0 saturated carbocycles. The molecule has 2 N–H and O–H groups in total. The fourth-order valence-corrected chi connectivity index (χ4v) is 5.74. The normalized spacial score (nSPS) is 12.9. The molecular weight excluding hydrogens is 514 g/mol. The van der Waals surface area contributed by atoms with Gasteiger partial charge < -0.3 is 25.0 Å². The van der Waals surface area contributed by atoms with Crippen molar-refractivity contribution >= 4 is 57.7 Å². The van der Waals surface area contributed by atoms with Gasteiger partial charge in [0, 0.05) is 28.4 Å². The lowest BCUT2D eigenvalue weighted by Crippen LogP contribution is -2.39. The van der Waals surface area contributed by atoms with Gasteiger partial charge in [0.15, 0.2) is 0 Å². The van der Waals surface area contributed by atoms with E-state index in [0.29, 0.717) is 42.2 Å². The molecule has 2 heterocycles. The van der Waals surface area contributed by atoms with E-state index in [1.165, 1.54) is 30.2 Å². The van der Waals surface area contributed by atoms with Crippen LogP contribution in [0, 0.1) is 0 Å². The number of hydrogen-bond donors (Lipinski definition) is 2. The lowest BCUT2D eigenvalue weighted by Gasteiger charge is -2.30. The van der Waals surface area contributed by atoms with Crippen LogP contribution in [0.1, 0.15) is 61.3 Å². The first-order valence-corrected chi connectivity index (χ1v) is 13.8. The van der Waals surface area contributed by atoms with E-state index >= 15 is 0 Å². The molecule has 0 atom stereocenters. The summed E-state index contributed by atoms with van der Waals surface area (Å²) in [7, 11) is 1.30. The van der Waals surface area contributed by atoms with Gasteiger partial charge >= 0.3 is 12.1 Å². The van der Waals surface area contributed by atoms with Crippen LogP contribution in [0.2, 0.25) is 0 Å². The monoisotopic (exact) mass is 547 g/mol. The molecule has 3 rings (SSSR count). The molecule has 0 aliphatic carbocycles. The Balaban J connectivity index is 1.68. The number of esters is 1. The van der Waals surface area contributed by atoms with E-state index in [2.05, 4.69) is 10.6 Å². The third-order valence-electron chi connectivity index (χ3n) is 5.32. The summed E-state index contributed by atoms with van der Waals surface area (Å²) in [6, 6.07) is 7.31. The van der Waals surface area contributed by atoms with Crippen LogP contribution in [0.5, 0.6) is 0 Å². The maximum atomic E-state index is 12.8. The fourth-order valence-electron chi connectivity index (χ4n) is 3.72. The predicted molar refractivity (Wildman–Crippen MR) is 145 cm³/mol. The number of thioether (sulfide) groups is 1. The van der Waals surface area contributed by atoms with Crippen LogP contribution < -0.4 is 10.6 Å². The second-order valence-electron chi connectivity index (χ2n) is 9.51. The average Bonchev–Trinajstić information content (AvgIpc) is 3.18. The second kappa shape index (κ2) is 12.5. The number of nitrogens with one attached hydrogen (secondary N) is 2. The molecule has 2 aromatic rings. The predicted octanol–water partition coefficient (Wildman–Crippen LogP) is 5.30. The highest BCUT2D eigenvalue weighted by molar-refractivity contribution is 8.00. The average molecular weight is 548 g/mol. The van der Waals surface area contributed by atoms with E-state index in [0.717, 1.165) is 21.8 Å². The van der Waals surface area contributed by atoms with E-state index in [1.807, 2.05) is 45.9 Å². The summed E-state index contributed by atoms with van der Waals surface area (Å²) in [6.45, 7) is 8.07. The van der Waals surface area contributed by atoms with E-state index < -0.39 is 17.7 Å². The summed E-state index contributed by atoms with van der Waals surface area (Å²) in [5.74, 6) is -0.746. The number of nitrogens with zero attached hydrogens (tertiary/aromatic N) is 1. The van der Waals surface area contributed by atoms with Crippen molar-refractivity contribution in [2.24, 2.45) is 0 Å². The maximum Gasteiger partial charge on any atom is 0.410 e. The standard InChI is InChI=1S/C26H33N3O6S2/c1-6-8-20(30)27-16-9-7-10-17(13-16)36-15-21(31)28-23-22(24(32)34-5)18-11-12-29(14-19(18)37-23)25(33)35-26(2,3)4/h7,9-10,13H,6,8,11-12,14-15H2,1-5H3,(H,27,30)(H,28,31). The minimum atomic E-state index is -0.610. The van der Waals surface area contributed by atoms with E-state index in [1.54, 1.807) is 11.0 Å². The molecule has 0 unspecified atom stereocenters. The van der Waals surface area contributed by atoms with Crippen LogP contribution >= 0.6 is 23.1 Å². The fraction of sp³-hybridized carbons (Fsp3) is 0.462. The molecule has 0 fully saturated rings. The topological polar surface area (TPSA) is 114 Å². The Morgan fingerprint density at radius 3 is 2.57 bits per heavy atom. The van der Waals surface area contributed by atoms with Crippen molar-refractivity contribution in [2.45, 2.75) is 64.0 Å². The number of benzene rings is 1. The van der Waals surface area contributed by atoms with Crippen LogP contribution in [0.15, 0.2) is 29.2 Å². The van der Waals surface area contributed by atoms with Crippen molar-refractivity contribution in [3.8, 4) is 0 Å². The van der Waals surface area contributed by atoms with Gasteiger partial charge in [-0.1, -0.05) is 13.0 Å². The van der Waals surface area contributed by atoms with Crippen molar-refractivity contribution < 1.29 is 28.7 Å². The Kier molecular flexibility index (Phi) is 9.61. The van der Waals surface area contributed by atoms with E-state index in [4.69, 9.17) is 9.47 Å². The summed E-state index contributed by atoms with van der Waals surface area (Å²) in [5, 5.41) is 6.11. The van der Waals surface area contributed by atoms with Crippen LogP contribution in [-0.4, -0.2) is 53.8 Å². The minimum absolute atomic E-state index is 0.0513. The van der Waals surface area contributed by atoms with Gasteiger partial charge in [0.25, 0.3) is 0 Å². The number of ether oxygens (including phenoxy) is 2. The largest absolute Gasteiger partial charge is 0.465 e. The maximum absolute atomic E-state index is 12.8. The summed E-state index contributed by atoms with van der Waals surface area (Å²) in [5.41, 5.74) is 1.19. The van der Waals surface area contributed by atoms with Crippen LogP contribution in [0.25, 0.3) is 0 Å². The summed E-state index contributed by atoms with van der Waals surface area (Å²) in [4.78, 5) is 53.0. The number of carbonyl (C=O) groups excluding carboxylic acids is 4. The Bertz CT molecular complexity index is 1170. The highest BCUT2D eigenvalue weighted by Gasteiger charge is 2.32. The Hall–Kier alpha value is -3.05. The number of amides is 3. The van der Waals surface area contributed by atoms with Crippen LogP contribution in [-0.2, 0) is 32.0 Å².